The molecule has 0 aliphatic heterocycles. The fraction of sp³-hybridized carbons (Fsp3) is 0.182. The normalized spacial score (nSPS) is 10.4. The topological polar surface area (TPSA) is 84.0 Å². The molecule has 0 saturated heterocycles. The highest BCUT2D eigenvalue weighted by Crippen LogP contribution is 2.20. The minimum atomic E-state index is -0.596. The molecule has 2 heterocycles. The van der Waals surface area contributed by atoms with E-state index in [4.69, 9.17) is 0 Å². The second kappa shape index (κ2) is 5.98. The van der Waals surface area contributed by atoms with Crippen molar-refractivity contribution in [1.29, 1.82) is 0 Å². The van der Waals surface area contributed by atoms with Crippen molar-refractivity contribution in [1.82, 2.24) is 14.9 Å². The van der Waals surface area contributed by atoms with Gasteiger partial charge in [0.1, 0.15) is 6.54 Å². The van der Waals surface area contributed by atoms with Crippen LogP contribution in [0.4, 0.5) is 0 Å². The summed E-state index contributed by atoms with van der Waals surface area (Å²) < 4.78 is 2.13. The van der Waals surface area contributed by atoms with E-state index in [0.717, 1.165) is 13.9 Å². The lowest BCUT2D eigenvalue weighted by atomic mass is 10.3. The number of nitrogens with one attached hydrogen (secondary N) is 2. The lowest BCUT2D eigenvalue weighted by Gasteiger charge is -2.05. The molecule has 0 radical (unpaired) electrons. The second-order valence-electron chi connectivity index (χ2n) is 3.77. The maximum atomic E-state index is 11.7. The summed E-state index contributed by atoms with van der Waals surface area (Å²) in [7, 11) is 0. The van der Waals surface area contributed by atoms with Crippen LogP contribution in [0.5, 0.6) is 0 Å². The van der Waals surface area contributed by atoms with E-state index in [9.17, 15) is 14.4 Å². The van der Waals surface area contributed by atoms with E-state index in [2.05, 4.69) is 26.2 Å². The summed E-state index contributed by atoms with van der Waals surface area (Å²) in [5, 5.41) is 4.62. The number of hydrogen-bond acceptors (Lipinski definition) is 4. The van der Waals surface area contributed by atoms with Gasteiger partial charge in [0, 0.05) is 18.8 Å². The molecule has 100 valence electrons. The summed E-state index contributed by atoms with van der Waals surface area (Å²) >= 11 is 4.87. The fourth-order valence-corrected chi connectivity index (χ4v) is 2.63. The third kappa shape index (κ3) is 3.90. The molecule has 2 aromatic heterocycles. The van der Waals surface area contributed by atoms with Gasteiger partial charge >= 0.3 is 5.69 Å². The van der Waals surface area contributed by atoms with Gasteiger partial charge in [-0.05, 0) is 32.9 Å². The Balaban J connectivity index is 1.94. The van der Waals surface area contributed by atoms with Crippen molar-refractivity contribution >= 4 is 33.2 Å². The molecule has 0 atom stereocenters. The molecule has 0 aliphatic rings. The van der Waals surface area contributed by atoms with Crippen LogP contribution in [-0.2, 0) is 17.9 Å². The molecule has 0 bridgehead atoms. The van der Waals surface area contributed by atoms with E-state index in [1.54, 1.807) is 0 Å². The van der Waals surface area contributed by atoms with E-state index in [-0.39, 0.29) is 12.5 Å². The minimum absolute atomic E-state index is 0.124. The van der Waals surface area contributed by atoms with Crippen molar-refractivity contribution in [2.45, 2.75) is 13.1 Å². The third-order valence-corrected chi connectivity index (χ3v) is 3.88. The molecular formula is C11H10BrN3O3S. The van der Waals surface area contributed by atoms with E-state index in [1.165, 1.54) is 23.6 Å². The molecule has 19 heavy (non-hydrogen) atoms. The average molecular weight is 344 g/mol. The Morgan fingerprint density at radius 3 is 2.89 bits per heavy atom. The number of halogens is 1. The van der Waals surface area contributed by atoms with Crippen LogP contribution < -0.4 is 16.6 Å². The van der Waals surface area contributed by atoms with Crippen molar-refractivity contribution in [3.8, 4) is 0 Å². The van der Waals surface area contributed by atoms with Crippen molar-refractivity contribution in [3.05, 3.63) is 53.9 Å². The Morgan fingerprint density at radius 1 is 1.47 bits per heavy atom. The quantitative estimate of drug-likeness (QED) is 0.855. The predicted molar refractivity (Wildman–Crippen MR) is 75.2 cm³/mol. The Morgan fingerprint density at radius 2 is 2.26 bits per heavy atom. The molecule has 0 spiro atoms. The number of carbonyl (C=O) groups excluding carboxylic acids is 1. The number of carbonyl (C=O) groups is 1. The Bertz CT molecular complexity index is 703. The summed E-state index contributed by atoms with van der Waals surface area (Å²) in [5.41, 5.74) is -0.0928. The standard InChI is InChI=1S/C11H10BrN3O3S/c12-8-3-7(6-19-8)4-13-10(17)5-15-2-1-9(16)14-11(15)18/h1-3,6H,4-5H2,(H,13,17)(H,14,16,18). The highest BCUT2D eigenvalue weighted by molar-refractivity contribution is 9.11. The van der Waals surface area contributed by atoms with E-state index in [1.807, 2.05) is 11.4 Å². The van der Waals surface area contributed by atoms with Gasteiger partial charge in [-0.15, -0.1) is 11.3 Å². The summed E-state index contributed by atoms with van der Waals surface area (Å²) in [6, 6.07) is 3.11. The summed E-state index contributed by atoms with van der Waals surface area (Å²) in [4.78, 5) is 36.0. The van der Waals surface area contributed by atoms with Gasteiger partial charge < -0.3 is 5.32 Å². The zero-order chi connectivity index (χ0) is 13.8. The predicted octanol–water partition coefficient (Wildman–Crippen LogP) is 0.677. The molecule has 0 saturated carbocycles. The highest BCUT2D eigenvalue weighted by atomic mass is 79.9. The smallest absolute Gasteiger partial charge is 0.328 e. The van der Waals surface area contributed by atoms with Crippen LogP contribution in [0.1, 0.15) is 5.56 Å². The first kappa shape index (κ1) is 13.8. The molecule has 0 aromatic carbocycles. The van der Waals surface area contributed by atoms with Gasteiger partial charge in [0.2, 0.25) is 5.91 Å². The summed E-state index contributed by atoms with van der Waals surface area (Å²) in [6.45, 7) is 0.278. The number of thiophene rings is 1. The maximum absolute atomic E-state index is 11.7. The minimum Gasteiger partial charge on any atom is -0.350 e. The van der Waals surface area contributed by atoms with E-state index < -0.39 is 11.2 Å². The van der Waals surface area contributed by atoms with Crippen LogP contribution in [0.15, 0.2) is 37.1 Å². The molecule has 2 N–H and O–H groups in total. The van der Waals surface area contributed by atoms with Crippen LogP contribution in [0, 0.1) is 0 Å². The molecule has 1 amide bonds. The zero-order valence-corrected chi connectivity index (χ0v) is 12.1. The van der Waals surface area contributed by atoms with Gasteiger partial charge in [-0.1, -0.05) is 0 Å². The van der Waals surface area contributed by atoms with Crippen molar-refractivity contribution in [2.75, 3.05) is 0 Å². The van der Waals surface area contributed by atoms with Gasteiger partial charge in [0.05, 0.1) is 3.79 Å². The van der Waals surface area contributed by atoms with Gasteiger partial charge in [-0.25, -0.2) is 4.79 Å². The number of nitrogens with zero attached hydrogens (tertiary/aromatic N) is 1. The van der Waals surface area contributed by atoms with E-state index in [0.29, 0.717) is 6.54 Å². The molecule has 0 fully saturated rings. The highest BCUT2D eigenvalue weighted by Gasteiger charge is 2.05. The number of amides is 1. The third-order valence-electron chi connectivity index (χ3n) is 2.32. The molecule has 8 heteroatoms. The number of H-pyrrole nitrogens is 1. The molecule has 6 nitrogen and oxygen atoms in total. The maximum Gasteiger partial charge on any atom is 0.328 e. The fourth-order valence-electron chi connectivity index (χ4n) is 1.42. The molecule has 2 aromatic rings. The number of aromatic nitrogens is 2. The van der Waals surface area contributed by atoms with Crippen LogP contribution in [-0.4, -0.2) is 15.5 Å². The van der Waals surface area contributed by atoms with Crippen molar-refractivity contribution in [2.24, 2.45) is 0 Å². The Kier molecular flexibility index (Phi) is 4.33. The zero-order valence-electron chi connectivity index (χ0n) is 9.68. The van der Waals surface area contributed by atoms with Crippen LogP contribution in [0.3, 0.4) is 0 Å². The lowest BCUT2D eigenvalue weighted by molar-refractivity contribution is -0.121. The molecular weight excluding hydrogens is 334 g/mol. The molecule has 2 rings (SSSR count). The summed E-state index contributed by atoms with van der Waals surface area (Å²) in [5.74, 6) is -0.295. The van der Waals surface area contributed by atoms with Gasteiger partial charge in [0.15, 0.2) is 0 Å². The Labute approximate surface area is 120 Å². The number of aromatic amines is 1. The first-order valence-corrected chi connectivity index (χ1v) is 7.01. The number of hydrogen-bond donors (Lipinski definition) is 2. The average Bonchev–Trinajstić information content (AvgIpc) is 2.76. The number of rotatable bonds is 4. The lowest BCUT2D eigenvalue weighted by Crippen LogP contribution is -2.35. The first-order chi connectivity index (χ1) is 9.04. The second-order valence-corrected chi connectivity index (χ2v) is 6.06. The molecule has 0 unspecified atom stereocenters. The SMILES string of the molecule is O=C(Cn1ccc(=O)[nH]c1=O)NCc1csc(Br)c1. The van der Waals surface area contributed by atoms with E-state index >= 15 is 0 Å². The van der Waals surface area contributed by atoms with Crippen LogP contribution in [0.25, 0.3) is 0 Å². The largest absolute Gasteiger partial charge is 0.350 e. The van der Waals surface area contributed by atoms with Gasteiger partial charge in [-0.2, -0.15) is 0 Å². The monoisotopic (exact) mass is 343 g/mol. The van der Waals surface area contributed by atoms with Crippen LogP contribution >= 0.6 is 27.3 Å². The van der Waals surface area contributed by atoms with Gasteiger partial charge in [0.25, 0.3) is 5.56 Å². The molecule has 0 aliphatic carbocycles. The van der Waals surface area contributed by atoms with Crippen molar-refractivity contribution < 1.29 is 4.79 Å². The van der Waals surface area contributed by atoms with Crippen molar-refractivity contribution in [3.63, 3.8) is 0 Å². The van der Waals surface area contributed by atoms with Gasteiger partial charge in [-0.3, -0.25) is 19.1 Å². The Hall–Kier alpha value is -1.67. The van der Waals surface area contributed by atoms with Crippen LogP contribution in [0.2, 0.25) is 0 Å². The first-order valence-electron chi connectivity index (χ1n) is 5.34. The summed E-state index contributed by atoms with van der Waals surface area (Å²) in [6.07, 6.45) is 1.29.